The largest absolute Gasteiger partial charge is 0.192 e. The minimum absolute atomic E-state index is 0.00474. The van der Waals surface area contributed by atoms with Gasteiger partial charge in [0.15, 0.2) is 0 Å². The van der Waals surface area contributed by atoms with Crippen molar-refractivity contribution in [2.75, 3.05) is 0 Å². The van der Waals surface area contributed by atoms with Crippen molar-refractivity contribution in [1.29, 1.82) is 10.5 Å². The highest BCUT2D eigenvalue weighted by atomic mass is 35.5. The molecule has 1 aromatic rings. The van der Waals surface area contributed by atoms with Gasteiger partial charge < -0.3 is 0 Å². The summed E-state index contributed by atoms with van der Waals surface area (Å²) in [5.74, 6) is 0. The monoisotopic (exact) mass is 229 g/mol. The van der Waals surface area contributed by atoms with Crippen molar-refractivity contribution in [2.45, 2.75) is 0 Å². The zero-order valence-corrected chi connectivity index (χ0v) is 8.30. The lowest BCUT2D eigenvalue weighted by Gasteiger charge is -2.01. The van der Waals surface area contributed by atoms with Crippen molar-refractivity contribution in [2.24, 2.45) is 0 Å². The predicted molar refractivity (Wildman–Crippen MR) is 49.7 cm³/mol. The quantitative estimate of drug-likeness (QED) is 0.643. The van der Waals surface area contributed by atoms with Crippen LogP contribution in [0.5, 0.6) is 0 Å². The summed E-state index contributed by atoms with van der Waals surface area (Å²) in [6, 6.07) is 5.98. The predicted octanol–water partition coefficient (Wildman–Crippen LogP) is 3.19. The van der Waals surface area contributed by atoms with Gasteiger partial charge in [-0.1, -0.05) is 34.8 Å². The van der Waals surface area contributed by atoms with Gasteiger partial charge in [0.1, 0.15) is 12.1 Å². The van der Waals surface area contributed by atoms with Gasteiger partial charge in [0.25, 0.3) is 0 Å². The lowest BCUT2D eigenvalue weighted by atomic mass is 10.1. The van der Waals surface area contributed by atoms with E-state index in [1.165, 1.54) is 0 Å². The Hall–Kier alpha value is -0.930. The third kappa shape index (κ3) is 1.71. The zero-order chi connectivity index (χ0) is 10.0. The molecule has 1 radical (unpaired) electrons. The molecule has 0 amide bonds. The van der Waals surface area contributed by atoms with E-state index in [2.05, 4.69) is 6.07 Å². The van der Waals surface area contributed by atoms with Crippen LogP contribution in [0.1, 0.15) is 11.1 Å². The fraction of sp³-hybridized carbons (Fsp3) is 0. The maximum atomic E-state index is 8.61. The maximum absolute atomic E-state index is 8.61. The molecular formula is C8Cl3N2. The number of hydrogen-bond donors (Lipinski definition) is 0. The number of benzene rings is 1. The van der Waals surface area contributed by atoms with Crippen molar-refractivity contribution in [1.82, 2.24) is 0 Å². The van der Waals surface area contributed by atoms with Gasteiger partial charge in [0.2, 0.25) is 0 Å². The molecule has 1 aromatic carbocycles. The first-order valence-electron chi connectivity index (χ1n) is 3.01. The Kier molecular flexibility index (Phi) is 3.01. The molecule has 0 spiro atoms. The number of rotatable bonds is 0. The van der Waals surface area contributed by atoms with Gasteiger partial charge in [0.05, 0.1) is 26.2 Å². The Labute approximate surface area is 89.9 Å². The fourth-order valence-electron chi connectivity index (χ4n) is 0.718. The SMILES string of the molecule is N#Cc1[c]c(Cl)c(C#N)c(Cl)c1Cl. The van der Waals surface area contributed by atoms with Crippen LogP contribution >= 0.6 is 34.8 Å². The van der Waals surface area contributed by atoms with Crippen LogP contribution in [-0.2, 0) is 0 Å². The molecule has 0 atom stereocenters. The molecule has 0 unspecified atom stereocenters. The average Bonchev–Trinajstić information content (AvgIpc) is 2.12. The van der Waals surface area contributed by atoms with E-state index >= 15 is 0 Å². The minimum Gasteiger partial charge on any atom is -0.192 e. The summed E-state index contributed by atoms with van der Waals surface area (Å²) in [6.45, 7) is 0. The summed E-state index contributed by atoms with van der Waals surface area (Å²) in [7, 11) is 0. The fourth-order valence-corrected chi connectivity index (χ4v) is 1.41. The first-order valence-corrected chi connectivity index (χ1v) is 4.15. The number of nitrogens with zero attached hydrogens (tertiary/aromatic N) is 2. The average molecular weight is 230 g/mol. The summed E-state index contributed by atoms with van der Waals surface area (Å²) in [5.41, 5.74) is 0.0722. The van der Waals surface area contributed by atoms with Gasteiger partial charge in [0, 0.05) is 6.07 Å². The van der Waals surface area contributed by atoms with E-state index in [4.69, 9.17) is 45.3 Å². The highest BCUT2D eigenvalue weighted by Crippen LogP contribution is 2.33. The molecule has 0 N–H and O–H groups in total. The maximum Gasteiger partial charge on any atom is 0.102 e. The molecule has 63 valence electrons. The summed E-state index contributed by atoms with van der Waals surface area (Å²) in [5, 5.41) is 17.2. The molecule has 0 saturated heterocycles. The molecule has 1 rings (SSSR count). The molecule has 0 aliphatic rings. The second-order valence-electron chi connectivity index (χ2n) is 2.04. The first-order chi connectivity index (χ1) is 6.11. The summed E-state index contributed by atoms with van der Waals surface area (Å²) >= 11 is 16.9. The summed E-state index contributed by atoms with van der Waals surface area (Å²) in [4.78, 5) is 0. The molecule has 2 nitrogen and oxygen atoms in total. The Balaban J connectivity index is 3.60. The smallest absolute Gasteiger partial charge is 0.102 e. The molecular weight excluding hydrogens is 230 g/mol. The standard InChI is InChI=1S/C8Cl3N2/c9-6-1-4(2-12)7(10)8(11)5(6)3-13. The van der Waals surface area contributed by atoms with E-state index < -0.39 is 0 Å². The van der Waals surface area contributed by atoms with Crippen LogP contribution in [0.2, 0.25) is 15.1 Å². The molecule has 5 heteroatoms. The number of halogens is 3. The number of nitriles is 2. The molecule has 13 heavy (non-hydrogen) atoms. The third-order valence-electron chi connectivity index (χ3n) is 1.31. The first kappa shape index (κ1) is 10.2. The Morgan fingerprint density at radius 1 is 1.00 bits per heavy atom. The zero-order valence-electron chi connectivity index (χ0n) is 6.03. The van der Waals surface area contributed by atoms with Crippen molar-refractivity contribution < 1.29 is 0 Å². The molecule has 0 aliphatic carbocycles. The van der Waals surface area contributed by atoms with Gasteiger partial charge in [-0.2, -0.15) is 10.5 Å². The van der Waals surface area contributed by atoms with E-state index in [9.17, 15) is 0 Å². The van der Waals surface area contributed by atoms with Crippen LogP contribution in [0, 0.1) is 28.7 Å². The van der Waals surface area contributed by atoms with Gasteiger partial charge in [-0.05, 0) is 0 Å². The Morgan fingerprint density at radius 2 is 1.62 bits per heavy atom. The van der Waals surface area contributed by atoms with Gasteiger partial charge >= 0.3 is 0 Å². The van der Waals surface area contributed by atoms with Crippen molar-refractivity contribution in [3.8, 4) is 12.1 Å². The lowest BCUT2D eigenvalue weighted by molar-refractivity contribution is 1.45. The van der Waals surface area contributed by atoms with E-state index in [0.29, 0.717) is 0 Å². The third-order valence-corrected chi connectivity index (χ3v) is 2.45. The molecule has 0 fully saturated rings. The second-order valence-corrected chi connectivity index (χ2v) is 3.17. The van der Waals surface area contributed by atoms with E-state index in [1.807, 2.05) is 0 Å². The van der Waals surface area contributed by atoms with Crippen LogP contribution < -0.4 is 0 Å². The molecule has 0 saturated carbocycles. The van der Waals surface area contributed by atoms with Gasteiger partial charge in [-0.15, -0.1) is 0 Å². The van der Waals surface area contributed by atoms with E-state index in [-0.39, 0.29) is 26.2 Å². The van der Waals surface area contributed by atoms with Crippen LogP contribution in [0.3, 0.4) is 0 Å². The summed E-state index contributed by atoms with van der Waals surface area (Å²) < 4.78 is 0. The highest BCUT2D eigenvalue weighted by molar-refractivity contribution is 6.45. The normalized spacial score (nSPS) is 9.00. The van der Waals surface area contributed by atoms with Crippen LogP contribution in [0.4, 0.5) is 0 Å². The Morgan fingerprint density at radius 3 is 2.08 bits per heavy atom. The van der Waals surface area contributed by atoms with Crippen molar-refractivity contribution >= 4 is 34.8 Å². The molecule has 0 aliphatic heterocycles. The molecule has 0 heterocycles. The van der Waals surface area contributed by atoms with E-state index in [0.717, 1.165) is 0 Å². The van der Waals surface area contributed by atoms with Crippen LogP contribution in [0.15, 0.2) is 0 Å². The highest BCUT2D eigenvalue weighted by Gasteiger charge is 2.14. The van der Waals surface area contributed by atoms with Gasteiger partial charge in [-0.3, -0.25) is 0 Å². The topological polar surface area (TPSA) is 47.6 Å². The van der Waals surface area contributed by atoms with Crippen LogP contribution in [-0.4, -0.2) is 0 Å². The molecule has 0 aromatic heterocycles. The van der Waals surface area contributed by atoms with Gasteiger partial charge in [-0.25, -0.2) is 0 Å². The minimum atomic E-state index is -0.00975. The number of hydrogen-bond acceptors (Lipinski definition) is 2. The molecule has 0 bridgehead atoms. The lowest BCUT2D eigenvalue weighted by Crippen LogP contribution is -1.86. The summed E-state index contributed by atoms with van der Waals surface area (Å²) in [6.07, 6.45) is 0. The van der Waals surface area contributed by atoms with Crippen molar-refractivity contribution in [3.05, 3.63) is 32.3 Å². The Bertz CT molecular complexity index is 440. The van der Waals surface area contributed by atoms with E-state index in [1.54, 1.807) is 12.1 Å². The van der Waals surface area contributed by atoms with Crippen LogP contribution in [0.25, 0.3) is 0 Å². The second kappa shape index (κ2) is 3.85. The van der Waals surface area contributed by atoms with Crippen molar-refractivity contribution in [3.63, 3.8) is 0 Å².